The van der Waals surface area contributed by atoms with Crippen LogP contribution in [0.4, 0.5) is 0 Å². The van der Waals surface area contributed by atoms with E-state index in [0.717, 1.165) is 35.3 Å². The van der Waals surface area contributed by atoms with Crippen molar-refractivity contribution >= 4 is 33.8 Å². The van der Waals surface area contributed by atoms with E-state index in [4.69, 9.17) is 4.98 Å². The first-order valence-corrected chi connectivity index (χ1v) is 11.1. The first kappa shape index (κ1) is 18.8. The molecule has 2 heterocycles. The van der Waals surface area contributed by atoms with Crippen molar-refractivity contribution in [2.75, 3.05) is 0 Å². The quantitative estimate of drug-likeness (QED) is 0.331. The van der Waals surface area contributed by atoms with Gasteiger partial charge in [0, 0.05) is 17.7 Å². The Kier molecular flexibility index (Phi) is 5.20. The molecule has 5 aromatic rings. The van der Waals surface area contributed by atoms with E-state index in [1.807, 2.05) is 6.07 Å². The molecule has 0 saturated carbocycles. The highest BCUT2D eigenvalue weighted by Gasteiger charge is 2.15. The standard InChI is InChI=1S/C25H22N4S/c1-18-12-13-22-21(16-18)23-24(29(22)15-14-19-8-4-2-5-9-19)26-25(28-27-23)30-17-20-10-6-3-7-11-20/h2-13,16H,14-15,17H2,1H3. The molecule has 0 bridgehead atoms. The van der Waals surface area contributed by atoms with Crippen LogP contribution in [0.5, 0.6) is 0 Å². The van der Waals surface area contributed by atoms with Crippen LogP contribution >= 0.6 is 11.8 Å². The van der Waals surface area contributed by atoms with E-state index in [1.165, 1.54) is 22.2 Å². The predicted octanol–water partition coefficient (Wildman–Crippen LogP) is 5.82. The number of hydrogen-bond donors (Lipinski definition) is 0. The molecule has 0 atom stereocenters. The molecular formula is C25H22N4S. The Morgan fingerprint density at radius 2 is 1.57 bits per heavy atom. The van der Waals surface area contributed by atoms with Crippen molar-refractivity contribution in [3.63, 3.8) is 0 Å². The zero-order valence-electron chi connectivity index (χ0n) is 16.8. The Morgan fingerprint density at radius 3 is 2.33 bits per heavy atom. The van der Waals surface area contributed by atoms with Gasteiger partial charge in [0.05, 0.1) is 5.52 Å². The van der Waals surface area contributed by atoms with Gasteiger partial charge in [-0.25, -0.2) is 4.98 Å². The predicted molar refractivity (Wildman–Crippen MR) is 124 cm³/mol. The lowest BCUT2D eigenvalue weighted by molar-refractivity contribution is 0.727. The molecule has 0 amide bonds. The topological polar surface area (TPSA) is 43.6 Å². The third kappa shape index (κ3) is 3.81. The summed E-state index contributed by atoms with van der Waals surface area (Å²) in [4.78, 5) is 4.92. The molecule has 0 fully saturated rings. The lowest BCUT2D eigenvalue weighted by atomic mass is 10.1. The minimum atomic E-state index is 0.715. The Labute approximate surface area is 180 Å². The van der Waals surface area contributed by atoms with Gasteiger partial charge in [0.25, 0.3) is 0 Å². The highest BCUT2D eigenvalue weighted by molar-refractivity contribution is 7.98. The summed E-state index contributed by atoms with van der Waals surface area (Å²) in [5.41, 5.74) is 6.75. The SMILES string of the molecule is Cc1ccc2c(c1)c1nnc(SCc3ccccc3)nc1n2CCc1ccccc1. The van der Waals surface area contributed by atoms with Crippen molar-refractivity contribution in [1.29, 1.82) is 0 Å². The average Bonchev–Trinajstić information content (AvgIpc) is 3.10. The number of aryl methyl sites for hydroxylation is 3. The first-order chi connectivity index (χ1) is 14.8. The summed E-state index contributed by atoms with van der Waals surface area (Å²) in [6.07, 6.45) is 0.949. The molecule has 3 aromatic carbocycles. The maximum Gasteiger partial charge on any atom is 0.211 e. The van der Waals surface area contributed by atoms with Gasteiger partial charge < -0.3 is 4.57 Å². The first-order valence-electron chi connectivity index (χ1n) is 10.1. The van der Waals surface area contributed by atoms with Gasteiger partial charge in [-0.1, -0.05) is 84.1 Å². The van der Waals surface area contributed by atoms with Crippen molar-refractivity contribution in [2.45, 2.75) is 30.8 Å². The van der Waals surface area contributed by atoms with E-state index in [9.17, 15) is 0 Å². The Bertz CT molecular complexity index is 1300. The van der Waals surface area contributed by atoms with Crippen molar-refractivity contribution < 1.29 is 0 Å². The summed E-state index contributed by atoms with van der Waals surface area (Å²) in [6.45, 7) is 2.96. The third-order valence-corrected chi connectivity index (χ3v) is 6.19. The van der Waals surface area contributed by atoms with Crippen LogP contribution in [-0.4, -0.2) is 19.7 Å². The van der Waals surface area contributed by atoms with E-state index < -0.39 is 0 Å². The lowest BCUT2D eigenvalue weighted by Gasteiger charge is -2.07. The molecule has 5 rings (SSSR count). The summed E-state index contributed by atoms with van der Waals surface area (Å²) in [6, 6.07) is 27.5. The average molecular weight is 411 g/mol. The van der Waals surface area contributed by atoms with Crippen molar-refractivity contribution in [1.82, 2.24) is 19.7 Å². The van der Waals surface area contributed by atoms with Gasteiger partial charge in [-0.3, -0.25) is 0 Å². The number of thioether (sulfide) groups is 1. The van der Waals surface area contributed by atoms with E-state index in [2.05, 4.69) is 94.5 Å². The van der Waals surface area contributed by atoms with Crippen LogP contribution in [0.2, 0.25) is 0 Å². The van der Waals surface area contributed by atoms with Crippen molar-refractivity contribution in [3.05, 3.63) is 95.6 Å². The molecule has 0 aliphatic rings. The number of rotatable bonds is 6. The van der Waals surface area contributed by atoms with Crippen LogP contribution in [0, 0.1) is 6.92 Å². The summed E-state index contributed by atoms with van der Waals surface area (Å²) in [5, 5.41) is 10.8. The van der Waals surface area contributed by atoms with Crippen LogP contribution in [-0.2, 0) is 18.7 Å². The van der Waals surface area contributed by atoms with Gasteiger partial charge in [0.2, 0.25) is 5.16 Å². The molecule has 0 N–H and O–H groups in total. The minimum absolute atomic E-state index is 0.715. The summed E-state index contributed by atoms with van der Waals surface area (Å²) in [5.74, 6) is 0.831. The molecule has 4 nitrogen and oxygen atoms in total. The summed E-state index contributed by atoms with van der Waals surface area (Å²) >= 11 is 1.63. The van der Waals surface area contributed by atoms with Gasteiger partial charge in [-0.2, -0.15) is 0 Å². The fraction of sp³-hybridized carbons (Fsp3) is 0.160. The second-order valence-electron chi connectivity index (χ2n) is 7.45. The van der Waals surface area contributed by atoms with Crippen molar-refractivity contribution in [3.8, 4) is 0 Å². The molecule has 2 aromatic heterocycles. The monoisotopic (exact) mass is 410 g/mol. The minimum Gasteiger partial charge on any atom is -0.323 e. The number of fused-ring (bicyclic) bond motifs is 3. The highest BCUT2D eigenvalue weighted by Crippen LogP contribution is 2.29. The number of benzene rings is 3. The van der Waals surface area contributed by atoms with E-state index >= 15 is 0 Å². The van der Waals surface area contributed by atoms with Gasteiger partial charge >= 0.3 is 0 Å². The largest absolute Gasteiger partial charge is 0.323 e. The lowest BCUT2D eigenvalue weighted by Crippen LogP contribution is -2.03. The Morgan fingerprint density at radius 1 is 0.833 bits per heavy atom. The van der Waals surface area contributed by atoms with E-state index in [0.29, 0.717) is 5.16 Å². The van der Waals surface area contributed by atoms with Gasteiger partial charge in [0.1, 0.15) is 5.52 Å². The molecule has 148 valence electrons. The maximum absolute atomic E-state index is 4.92. The number of aromatic nitrogens is 4. The van der Waals surface area contributed by atoms with Gasteiger partial charge in [-0.15, -0.1) is 10.2 Å². The van der Waals surface area contributed by atoms with Crippen LogP contribution < -0.4 is 0 Å². The zero-order valence-corrected chi connectivity index (χ0v) is 17.6. The summed E-state index contributed by atoms with van der Waals surface area (Å²) < 4.78 is 2.29. The van der Waals surface area contributed by atoms with Crippen LogP contribution in [0.1, 0.15) is 16.7 Å². The summed E-state index contributed by atoms with van der Waals surface area (Å²) in [7, 11) is 0. The second-order valence-corrected chi connectivity index (χ2v) is 8.39. The highest BCUT2D eigenvalue weighted by atomic mass is 32.2. The molecule has 0 aliphatic carbocycles. The molecule has 5 heteroatoms. The maximum atomic E-state index is 4.92. The normalized spacial score (nSPS) is 11.4. The molecule has 30 heavy (non-hydrogen) atoms. The molecule has 0 saturated heterocycles. The Balaban J connectivity index is 1.52. The van der Waals surface area contributed by atoms with Crippen LogP contribution in [0.15, 0.2) is 84.0 Å². The van der Waals surface area contributed by atoms with Crippen LogP contribution in [0.25, 0.3) is 22.1 Å². The zero-order chi connectivity index (χ0) is 20.3. The molecule has 0 radical (unpaired) electrons. The fourth-order valence-electron chi connectivity index (χ4n) is 3.75. The van der Waals surface area contributed by atoms with Crippen molar-refractivity contribution in [2.24, 2.45) is 0 Å². The Hall–Kier alpha value is -3.18. The van der Waals surface area contributed by atoms with Gasteiger partial charge in [-0.05, 0) is 36.6 Å². The van der Waals surface area contributed by atoms with Gasteiger partial charge in [0.15, 0.2) is 5.65 Å². The molecule has 0 unspecified atom stereocenters. The molecule has 0 aliphatic heterocycles. The fourth-order valence-corrected chi connectivity index (χ4v) is 4.49. The number of nitrogens with zero attached hydrogens (tertiary/aromatic N) is 4. The molecular weight excluding hydrogens is 388 g/mol. The number of hydrogen-bond acceptors (Lipinski definition) is 4. The molecule has 0 spiro atoms. The van der Waals surface area contributed by atoms with E-state index in [-0.39, 0.29) is 0 Å². The third-order valence-electron chi connectivity index (χ3n) is 5.28. The van der Waals surface area contributed by atoms with E-state index in [1.54, 1.807) is 11.8 Å². The second kappa shape index (κ2) is 8.28. The smallest absolute Gasteiger partial charge is 0.211 e. The van der Waals surface area contributed by atoms with Crippen LogP contribution in [0.3, 0.4) is 0 Å².